The highest BCUT2D eigenvalue weighted by Crippen LogP contribution is 2.20. The third-order valence-electron chi connectivity index (χ3n) is 4.76. The molecule has 2 aliphatic heterocycles. The molecule has 2 aliphatic rings. The van der Waals surface area contributed by atoms with Crippen LogP contribution in [0, 0.1) is 5.92 Å². The van der Waals surface area contributed by atoms with Crippen LogP contribution < -0.4 is 0 Å². The van der Waals surface area contributed by atoms with Gasteiger partial charge in [0.25, 0.3) is 0 Å². The van der Waals surface area contributed by atoms with Gasteiger partial charge in [0.15, 0.2) is 0 Å². The normalized spacial score (nSPS) is 22.7. The first-order valence-electron chi connectivity index (χ1n) is 8.35. The monoisotopic (exact) mass is 316 g/mol. The molecule has 2 amide bonds. The molecular weight excluding hydrogens is 292 g/mol. The Kier molecular flexibility index (Phi) is 4.91. The van der Waals surface area contributed by atoms with Crippen LogP contribution in [-0.2, 0) is 16.1 Å². The minimum atomic E-state index is -0.146. The molecule has 6 heteroatoms. The molecule has 3 heterocycles. The molecule has 0 bridgehead atoms. The smallest absolute Gasteiger partial charge is 0.228 e. The number of carbonyl (C=O) groups excluding carboxylic acids is 2. The summed E-state index contributed by atoms with van der Waals surface area (Å²) in [6, 6.07) is 4.03. The number of amides is 2. The fraction of sp³-hybridized carbons (Fsp3) is 0.588. The molecule has 0 aliphatic carbocycles. The molecule has 1 aromatic heterocycles. The van der Waals surface area contributed by atoms with E-state index in [0.717, 1.165) is 32.7 Å². The molecule has 6 nitrogen and oxygen atoms in total. The Labute approximate surface area is 137 Å². The molecule has 2 saturated heterocycles. The molecule has 0 saturated carbocycles. The minimum Gasteiger partial charge on any atom is -0.342 e. The van der Waals surface area contributed by atoms with E-state index in [4.69, 9.17) is 0 Å². The molecule has 0 radical (unpaired) electrons. The van der Waals surface area contributed by atoms with Crippen molar-refractivity contribution in [1.29, 1.82) is 0 Å². The van der Waals surface area contributed by atoms with Crippen LogP contribution in [0.1, 0.15) is 18.9 Å². The summed E-state index contributed by atoms with van der Waals surface area (Å²) in [5.74, 6) is 0.115. The standard InChI is InChI=1S/C17H24N4O2/c1-2-20-13-15(10-16(20)22)17(23)21-8-6-19(7-9-21)12-14-4-3-5-18-11-14/h3-5,11,15H,2,6-10,12-13H2,1H3. The van der Waals surface area contributed by atoms with Crippen molar-refractivity contribution < 1.29 is 9.59 Å². The quantitative estimate of drug-likeness (QED) is 0.816. The summed E-state index contributed by atoms with van der Waals surface area (Å²) < 4.78 is 0. The number of hydrogen-bond acceptors (Lipinski definition) is 4. The number of carbonyl (C=O) groups is 2. The highest BCUT2D eigenvalue weighted by atomic mass is 16.2. The van der Waals surface area contributed by atoms with Crippen molar-refractivity contribution in [3.05, 3.63) is 30.1 Å². The Morgan fingerprint density at radius 3 is 2.70 bits per heavy atom. The fourth-order valence-corrected chi connectivity index (χ4v) is 3.38. The van der Waals surface area contributed by atoms with Crippen LogP contribution >= 0.6 is 0 Å². The Bertz CT molecular complexity index is 555. The summed E-state index contributed by atoms with van der Waals surface area (Å²) in [7, 11) is 0. The predicted molar refractivity (Wildman–Crippen MR) is 86.5 cm³/mol. The number of aromatic nitrogens is 1. The van der Waals surface area contributed by atoms with Gasteiger partial charge >= 0.3 is 0 Å². The van der Waals surface area contributed by atoms with E-state index >= 15 is 0 Å². The number of piperazine rings is 1. The van der Waals surface area contributed by atoms with Gasteiger partial charge in [0, 0.05) is 64.6 Å². The number of rotatable bonds is 4. The van der Waals surface area contributed by atoms with Crippen molar-refractivity contribution in [2.24, 2.45) is 5.92 Å². The summed E-state index contributed by atoms with van der Waals surface area (Å²) in [5, 5.41) is 0. The lowest BCUT2D eigenvalue weighted by Crippen LogP contribution is -2.50. The summed E-state index contributed by atoms with van der Waals surface area (Å²) in [4.78, 5) is 34.6. The van der Waals surface area contributed by atoms with E-state index in [0.29, 0.717) is 19.5 Å². The summed E-state index contributed by atoms with van der Waals surface area (Å²) in [6.45, 7) is 7.36. The zero-order chi connectivity index (χ0) is 16.2. The first-order valence-corrected chi connectivity index (χ1v) is 8.35. The maximum absolute atomic E-state index is 12.6. The van der Waals surface area contributed by atoms with Crippen LogP contribution in [0.3, 0.4) is 0 Å². The summed E-state index contributed by atoms with van der Waals surface area (Å²) in [5.41, 5.74) is 1.20. The average molecular weight is 316 g/mol. The second kappa shape index (κ2) is 7.08. The molecule has 0 N–H and O–H groups in total. The van der Waals surface area contributed by atoms with E-state index in [2.05, 4.69) is 16.0 Å². The number of pyridine rings is 1. The van der Waals surface area contributed by atoms with Gasteiger partial charge in [0.2, 0.25) is 11.8 Å². The second-order valence-electron chi connectivity index (χ2n) is 6.30. The van der Waals surface area contributed by atoms with Crippen molar-refractivity contribution in [3.63, 3.8) is 0 Å². The van der Waals surface area contributed by atoms with Crippen LogP contribution in [0.5, 0.6) is 0 Å². The largest absolute Gasteiger partial charge is 0.342 e. The van der Waals surface area contributed by atoms with Crippen LogP contribution in [0.2, 0.25) is 0 Å². The molecule has 1 aromatic rings. The molecule has 2 fully saturated rings. The Balaban J connectivity index is 1.49. The molecular formula is C17H24N4O2. The topological polar surface area (TPSA) is 56.8 Å². The third-order valence-corrected chi connectivity index (χ3v) is 4.76. The van der Waals surface area contributed by atoms with Gasteiger partial charge in [-0.15, -0.1) is 0 Å². The summed E-state index contributed by atoms with van der Waals surface area (Å²) >= 11 is 0. The fourth-order valence-electron chi connectivity index (χ4n) is 3.38. The first-order chi connectivity index (χ1) is 11.2. The van der Waals surface area contributed by atoms with E-state index < -0.39 is 0 Å². The molecule has 23 heavy (non-hydrogen) atoms. The van der Waals surface area contributed by atoms with E-state index in [1.807, 2.05) is 24.1 Å². The van der Waals surface area contributed by atoms with Gasteiger partial charge < -0.3 is 9.80 Å². The van der Waals surface area contributed by atoms with Crippen LogP contribution in [0.25, 0.3) is 0 Å². The Morgan fingerprint density at radius 1 is 1.30 bits per heavy atom. The van der Waals surface area contributed by atoms with Crippen molar-refractivity contribution in [2.45, 2.75) is 19.9 Å². The first kappa shape index (κ1) is 15.9. The molecule has 3 rings (SSSR count). The third kappa shape index (κ3) is 3.69. The lowest BCUT2D eigenvalue weighted by Gasteiger charge is -2.35. The molecule has 0 aromatic carbocycles. The lowest BCUT2D eigenvalue weighted by molar-refractivity contribution is -0.137. The van der Waals surface area contributed by atoms with Gasteiger partial charge in [0.1, 0.15) is 0 Å². The second-order valence-corrected chi connectivity index (χ2v) is 6.30. The maximum atomic E-state index is 12.6. The highest BCUT2D eigenvalue weighted by molar-refractivity contribution is 5.89. The Hall–Kier alpha value is -1.95. The van der Waals surface area contributed by atoms with E-state index in [-0.39, 0.29) is 17.7 Å². The number of nitrogens with zero attached hydrogens (tertiary/aromatic N) is 4. The van der Waals surface area contributed by atoms with Gasteiger partial charge in [-0.2, -0.15) is 0 Å². The van der Waals surface area contributed by atoms with Crippen LogP contribution in [-0.4, -0.2) is 70.8 Å². The summed E-state index contributed by atoms with van der Waals surface area (Å²) in [6.07, 6.45) is 4.05. The van der Waals surface area contributed by atoms with Gasteiger partial charge in [-0.3, -0.25) is 19.5 Å². The maximum Gasteiger partial charge on any atom is 0.228 e. The van der Waals surface area contributed by atoms with Crippen LogP contribution in [0.15, 0.2) is 24.5 Å². The zero-order valence-electron chi connectivity index (χ0n) is 13.6. The van der Waals surface area contributed by atoms with Crippen molar-refractivity contribution in [3.8, 4) is 0 Å². The molecule has 1 atom stereocenters. The highest BCUT2D eigenvalue weighted by Gasteiger charge is 2.36. The predicted octanol–water partition coefficient (Wildman–Crippen LogP) is 0.594. The number of hydrogen-bond donors (Lipinski definition) is 0. The van der Waals surface area contributed by atoms with Gasteiger partial charge in [-0.05, 0) is 18.6 Å². The number of likely N-dealkylation sites (tertiary alicyclic amines) is 1. The van der Waals surface area contributed by atoms with Crippen molar-refractivity contribution in [2.75, 3.05) is 39.3 Å². The van der Waals surface area contributed by atoms with Crippen LogP contribution in [0.4, 0.5) is 0 Å². The lowest BCUT2D eigenvalue weighted by atomic mass is 10.1. The van der Waals surface area contributed by atoms with Crippen molar-refractivity contribution in [1.82, 2.24) is 19.7 Å². The van der Waals surface area contributed by atoms with E-state index in [1.54, 1.807) is 11.1 Å². The molecule has 0 spiro atoms. The van der Waals surface area contributed by atoms with Gasteiger partial charge in [0.05, 0.1) is 5.92 Å². The Morgan fingerprint density at radius 2 is 2.09 bits per heavy atom. The van der Waals surface area contributed by atoms with Crippen molar-refractivity contribution >= 4 is 11.8 Å². The SMILES string of the molecule is CCN1CC(C(=O)N2CCN(Cc3cccnc3)CC2)CC1=O. The minimum absolute atomic E-state index is 0.112. The van der Waals surface area contributed by atoms with E-state index in [9.17, 15) is 9.59 Å². The van der Waals surface area contributed by atoms with E-state index in [1.165, 1.54) is 5.56 Å². The van der Waals surface area contributed by atoms with Gasteiger partial charge in [-0.25, -0.2) is 0 Å². The van der Waals surface area contributed by atoms with Gasteiger partial charge in [-0.1, -0.05) is 6.07 Å². The average Bonchev–Trinajstić information content (AvgIpc) is 2.97. The molecule has 1 unspecified atom stereocenters. The molecule has 124 valence electrons. The zero-order valence-corrected chi connectivity index (χ0v) is 13.6.